The number of benzene rings is 2. The molecule has 3 rings (SSSR count). The van der Waals surface area contributed by atoms with Gasteiger partial charge in [0.15, 0.2) is 5.78 Å². The van der Waals surface area contributed by atoms with E-state index in [1.54, 1.807) is 6.07 Å². The van der Waals surface area contributed by atoms with Crippen molar-refractivity contribution in [1.29, 1.82) is 0 Å². The third-order valence-corrected chi connectivity index (χ3v) is 4.62. The summed E-state index contributed by atoms with van der Waals surface area (Å²) in [4.78, 5) is 47.5. The summed E-state index contributed by atoms with van der Waals surface area (Å²) in [5.41, 5.74) is 0.245. The number of carboxylic acid groups (broad SMARTS) is 1. The molecule has 0 saturated carbocycles. The van der Waals surface area contributed by atoms with Crippen LogP contribution in [0.25, 0.3) is 0 Å². The first-order chi connectivity index (χ1) is 14.7. The van der Waals surface area contributed by atoms with Crippen molar-refractivity contribution in [1.82, 2.24) is 4.57 Å². The molecular weight excluding hydrogens is 408 g/mol. The monoisotopic (exact) mass is 425 g/mol. The number of carbonyl (C=O) groups excluding carboxylic acids is 2. The summed E-state index contributed by atoms with van der Waals surface area (Å²) in [5.74, 6) is -5.01. The molecule has 1 N–H and O–H groups in total. The first-order valence-electron chi connectivity index (χ1n) is 9.25. The summed E-state index contributed by atoms with van der Waals surface area (Å²) in [6.45, 7) is -0.171. The molecule has 0 spiro atoms. The van der Waals surface area contributed by atoms with Gasteiger partial charge in [0.25, 0.3) is 5.56 Å². The molecule has 2 aromatic carbocycles. The predicted octanol–water partition coefficient (Wildman–Crippen LogP) is 2.99. The van der Waals surface area contributed by atoms with E-state index in [0.717, 1.165) is 4.57 Å². The Morgan fingerprint density at radius 2 is 1.61 bits per heavy atom. The van der Waals surface area contributed by atoms with Crippen LogP contribution in [0.4, 0.5) is 8.78 Å². The molecule has 158 valence electrons. The predicted molar refractivity (Wildman–Crippen MR) is 107 cm³/mol. The number of aliphatic carboxylic acids is 1. The van der Waals surface area contributed by atoms with Crippen LogP contribution in [0.2, 0.25) is 0 Å². The molecule has 0 fully saturated rings. The Balaban J connectivity index is 2.03. The number of aromatic nitrogens is 1. The maximum Gasteiger partial charge on any atom is 0.372 e. The second-order valence-electron chi connectivity index (χ2n) is 6.92. The molecule has 0 radical (unpaired) electrons. The zero-order valence-electron chi connectivity index (χ0n) is 16.2. The summed E-state index contributed by atoms with van der Waals surface area (Å²) in [6, 6.07) is 12.7. The Morgan fingerprint density at radius 3 is 2.26 bits per heavy atom. The van der Waals surface area contributed by atoms with Crippen LogP contribution in [-0.4, -0.2) is 27.2 Å². The van der Waals surface area contributed by atoms with E-state index in [4.69, 9.17) is 5.11 Å². The van der Waals surface area contributed by atoms with Crippen LogP contribution in [0.5, 0.6) is 0 Å². The lowest BCUT2D eigenvalue weighted by molar-refractivity contribution is -0.148. The van der Waals surface area contributed by atoms with Crippen LogP contribution >= 0.6 is 0 Å². The van der Waals surface area contributed by atoms with E-state index in [0.29, 0.717) is 11.1 Å². The Hall–Kier alpha value is -3.94. The molecule has 0 aliphatic carbocycles. The molecule has 0 saturated heterocycles. The largest absolute Gasteiger partial charge is 0.475 e. The minimum atomic E-state index is -1.78. The number of rotatable bonds is 8. The quantitative estimate of drug-likeness (QED) is 0.340. The van der Waals surface area contributed by atoms with E-state index in [1.807, 2.05) is 0 Å². The van der Waals surface area contributed by atoms with Gasteiger partial charge in [-0.1, -0.05) is 30.3 Å². The summed E-state index contributed by atoms with van der Waals surface area (Å²) in [7, 11) is 0. The lowest BCUT2D eigenvalue weighted by atomic mass is 10.0. The van der Waals surface area contributed by atoms with Crippen LogP contribution in [0.3, 0.4) is 0 Å². The molecule has 8 heteroatoms. The van der Waals surface area contributed by atoms with Gasteiger partial charge in [0, 0.05) is 11.8 Å². The first kappa shape index (κ1) is 21.8. The topological polar surface area (TPSA) is 93.4 Å². The fourth-order valence-corrected chi connectivity index (χ4v) is 3.08. The Labute approximate surface area is 175 Å². The number of nitrogens with zero attached hydrogens (tertiary/aromatic N) is 1. The number of hydrogen-bond acceptors (Lipinski definition) is 4. The number of ketones is 2. The van der Waals surface area contributed by atoms with Crippen molar-refractivity contribution in [2.45, 2.75) is 19.4 Å². The molecule has 3 aromatic rings. The standard InChI is InChI=1S/C23H17F2NO5/c24-17-7-5-14(6-8-17)9-15-10-18(20(27)11-21(28)23(30)31)22(29)26(12-15)13-16-3-1-2-4-19(16)25/h1-8,10,12H,9,11,13H2,(H,30,31). The lowest BCUT2D eigenvalue weighted by Gasteiger charge is -2.12. The molecule has 0 amide bonds. The van der Waals surface area contributed by atoms with Crippen molar-refractivity contribution in [3.8, 4) is 0 Å². The van der Waals surface area contributed by atoms with Crippen molar-refractivity contribution in [2.75, 3.05) is 0 Å². The molecular formula is C23H17F2NO5. The Morgan fingerprint density at radius 1 is 0.935 bits per heavy atom. The van der Waals surface area contributed by atoms with E-state index >= 15 is 0 Å². The SMILES string of the molecule is O=C(O)C(=O)CC(=O)c1cc(Cc2ccc(F)cc2)cn(Cc2ccccc2F)c1=O. The third-order valence-electron chi connectivity index (χ3n) is 4.62. The van der Waals surface area contributed by atoms with Gasteiger partial charge in [0.1, 0.15) is 11.6 Å². The number of halogens is 2. The molecule has 0 aliphatic rings. The van der Waals surface area contributed by atoms with Crippen LogP contribution < -0.4 is 5.56 Å². The average Bonchev–Trinajstić information content (AvgIpc) is 2.73. The van der Waals surface area contributed by atoms with Crippen molar-refractivity contribution in [3.63, 3.8) is 0 Å². The van der Waals surface area contributed by atoms with E-state index in [9.17, 15) is 28.0 Å². The minimum Gasteiger partial charge on any atom is -0.475 e. The number of Topliss-reactive ketones (excluding diaryl/α,β-unsaturated/α-hetero) is 2. The summed E-state index contributed by atoms with van der Waals surface area (Å²) < 4.78 is 28.4. The van der Waals surface area contributed by atoms with E-state index < -0.39 is 41.2 Å². The van der Waals surface area contributed by atoms with Gasteiger partial charge in [-0.15, -0.1) is 0 Å². The summed E-state index contributed by atoms with van der Waals surface area (Å²) >= 11 is 0. The fraction of sp³-hybridized carbons (Fsp3) is 0.130. The second-order valence-corrected chi connectivity index (χ2v) is 6.92. The molecule has 0 atom stereocenters. The van der Waals surface area contributed by atoms with E-state index in [-0.39, 0.29) is 24.1 Å². The molecule has 0 unspecified atom stereocenters. The first-order valence-corrected chi connectivity index (χ1v) is 9.25. The summed E-state index contributed by atoms with van der Waals surface area (Å²) in [5, 5.41) is 8.74. The second kappa shape index (κ2) is 9.25. The van der Waals surface area contributed by atoms with Crippen molar-refractivity contribution < 1.29 is 28.3 Å². The smallest absolute Gasteiger partial charge is 0.372 e. The number of hydrogen-bond donors (Lipinski definition) is 1. The number of pyridine rings is 1. The molecule has 1 aromatic heterocycles. The maximum absolute atomic E-state index is 14.1. The van der Waals surface area contributed by atoms with E-state index in [1.165, 1.54) is 54.7 Å². The molecule has 1 heterocycles. The van der Waals surface area contributed by atoms with Crippen LogP contribution in [0.1, 0.15) is 33.5 Å². The van der Waals surface area contributed by atoms with Gasteiger partial charge >= 0.3 is 5.97 Å². The van der Waals surface area contributed by atoms with Gasteiger partial charge in [-0.25, -0.2) is 13.6 Å². The van der Waals surface area contributed by atoms with Crippen molar-refractivity contribution in [3.05, 3.63) is 105 Å². The summed E-state index contributed by atoms with van der Waals surface area (Å²) in [6.07, 6.45) is 0.711. The van der Waals surface area contributed by atoms with E-state index in [2.05, 4.69) is 0 Å². The van der Waals surface area contributed by atoms with Gasteiger partial charge in [-0.3, -0.25) is 14.4 Å². The van der Waals surface area contributed by atoms with Crippen LogP contribution in [-0.2, 0) is 22.6 Å². The molecule has 31 heavy (non-hydrogen) atoms. The number of carboxylic acids is 1. The maximum atomic E-state index is 14.1. The number of carbonyl (C=O) groups is 3. The highest BCUT2D eigenvalue weighted by molar-refractivity contribution is 6.37. The van der Waals surface area contributed by atoms with Crippen LogP contribution in [0, 0.1) is 11.6 Å². The van der Waals surface area contributed by atoms with Gasteiger partial charge in [0.2, 0.25) is 5.78 Å². The third kappa shape index (κ3) is 5.36. The zero-order valence-corrected chi connectivity index (χ0v) is 16.2. The highest BCUT2D eigenvalue weighted by Crippen LogP contribution is 2.14. The van der Waals surface area contributed by atoms with Gasteiger partial charge < -0.3 is 9.67 Å². The normalized spacial score (nSPS) is 10.6. The van der Waals surface area contributed by atoms with Crippen LogP contribution in [0.15, 0.2) is 65.6 Å². The molecule has 0 bridgehead atoms. The van der Waals surface area contributed by atoms with Gasteiger partial charge in [-0.2, -0.15) is 0 Å². The Kier molecular flexibility index (Phi) is 6.49. The molecule has 6 nitrogen and oxygen atoms in total. The Bertz CT molecular complexity index is 1220. The van der Waals surface area contributed by atoms with Gasteiger partial charge in [-0.05, 0) is 41.8 Å². The van der Waals surface area contributed by atoms with Crippen molar-refractivity contribution in [2.24, 2.45) is 0 Å². The minimum absolute atomic E-state index is 0.171. The van der Waals surface area contributed by atoms with Crippen molar-refractivity contribution >= 4 is 17.5 Å². The highest BCUT2D eigenvalue weighted by atomic mass is 19.1. The highest BCUT2D eigenvalue weighted by Gasteiger charge is 2.22. The zero-order chi connectivity index (χ0) is 22.5. The fourth-order valence-electron chi connectivity index (χ4n) is 3.08. The average molecular weight is 425 g/mol. The lowest BCUT2D eigenvalue weighted by Crippen LogP contribution is -2.29. The van der Waals surface area contributed by atoms with Gasteiger partial charge in [0.05, 0.1) is 18.5 Å². The molecule has 0 aliphatic heterocycles.